The first-order valence-corrected chi connectivity index (χ1v) is 8.29. The van der Waals surface area contributed by atoms with E-state index in [2.05, 4.69) is 0 Å². The molecule has 2 aromatic rings. The number of rotatable bonds is 4. The Balaban J connectivity index is 0.000000141. The van der Waals surface area contributed by atoms with Crippen molar-refractivity contribution in [3.63, 3.8) is 0 Å². The molecular formula is C20H20F2O2. The van der Waals surface area contributed by atoms with E-state index in [4.69, 9.17) is 0 Å². The van der Waals surface area contributed by atoms with Gasteiger partial charge in [0.1, 0.15) is 11.6 Å². The van der Waals surface area contributed by atoms with Crippen molar-refractivity contribution in [3.8, 4) is 0 Å². The summed E-state index contributed by atoms with van der Waals surface area (Å²) in [5.41, 5.74) is 0.694. The molecule has 4 heteroatoms. The minimum atomic E-state index is -0.591. The molecule has 0 amide bonds. The maximum atomic E-state index is 13.1. The van der Waals surface area contributed by atoms with E-state index in [1.165, 1.54) is 12.1 Å². The number of hydrogen-bond acceptors (Lipinski definition) is 2. The molecule has 2 nitrogen and oxygen atoms in total. The topological polar surface area (TPSA) is 37.3 Å². The first-order valence-electron chi connectivity index (χ1n) is 8.29. The number of carbonyl (C=O) groups excluding carboxylic acids is 1. The highest BCUT2D eigenvalue weighted by atomic mass is 19.1. The lowest BCUT2D eigenvalue weighted by Gasteiger charge is -2.09. The van der Waals surface area contributed by atoms with Crippen molar-refractivity contribution in [2.45, 2.75) is 31.8 Å². The van der Waals surface area contributed by atoms with E-state index in [9.17, 15) is 18.7 Å². The summed E-state index contributed by atoms with van der Waals surface area (Å²) in [5.74, 6) is -0.330. The van der Waals surface area contributed by atoms with E-state index in [-0.39, 0.29) is 23.1 Å². The van der Waals surface area contributed by atoms with Gasteiger partial charge in [-0.3, -0.25) is 4.79 Å². The quantitative estimate of drug-likeness (QED) is 0.826. The number of benzene rings is 2. The highest BCUT2D eigenvalue weighted by Crippen LogP contribution is 2.41. The number of carbonyl (C=O) groups is 1. The van der Waals surface area contributed by atoms with Gasteiger partial charge in [-0.1, -0.05) is 30.3 Å². The Labute approximate surface area is 140 Å². The molecule has 2 aromatic carbocycles. The second-order valence-corrected chi connectivity index (χ2v) is 6.42. The molecule has 4 rings (SSSR count). The number of aliphatic hydroxyl groups excluding tert-OH is 1. The summed E-state index contributed by atoms with van der Waals surface area (Å²) < 4.78 is 26.1. The van der Waals surface area contributed by atoms with Crippen molar-refractivity contribution >= 4 is 5.78 Å². The van der Waals surface area contributed by atoms with Crippen LogP contribution in [0.4, 0.5) is 8.78 Å². The van der Waals surface area contributed by atoms with Crippen LogP contribution >= 0.6 is 0 Å². The van der Waals surface area contributed by atoms with E-state index in [0.717, 1.165) is 25.7 Å². The average molecular weight is 330 g/mol. The van der Waals surface area contributed by atoms with Gasteiger partial charge < -0.3 is 5.11 Å². The van der Waals surface area contributed by atoms with Crippen LogP contribution < -0.4 is 0 Å². The third-order valence-corrected chi connectivity index (χ3v) is 4.38. The molecule has 24 heavy (non-hydrogen) atoms. The fourth-order valence-electron chi connectivity index (χ4n) is 2.61. The fourth-order valence-corrected chi connectivity index (χ4v) is 2.61. The first kappa shape index (κ1) is 16.8. The van der Waals surface area contributed by atoms with Crippen LogP contribution in [0.15, 0.2) is 48.5 Å². The maximum absolute atomic E-state index is 13.1. The first-order chi connectivity index (χ1) is 11.6. The van der Waals surface area contributed by atoms with E-state index in [0.29, 0.717) is 11.5 Å². The van der Waals surface area contributed by atoms with Crippen molar-refractivity contribution in [2.24, 2.45) is 11.8 Å². The van der Waals surface area contributed by atoms with Crippen molar-refractivity contribution in [3.05, 3.63) is 71.3 Å². The lowest BCUT2D eigenvalue weighted by molar-refractivity contribution is 0.0963. The van der Waals surface area contributed by atoms with Gasteiger partial charge in [-0.2, -0.15) is 0 Å². The fraction of sp³-hybridized carbons (Fsp3) is 0.350. The molecule has 1 N–H and O–H groups in total. The summed E-state index contributed by atoms with van der Waals surface area (Å²) in [4.78, 5) is 11.4. The molecule has 2 fully saturated rings. The highest BCUT2D eigenvalue weighted by Gasteiger charge is 2.32. The zero-order valence-corrected chi connectivity index (χ0v) is 13.3. The average Bonchev–Trinajstić information content (AvgIpc) is 3.48. The zero-order chi connectivity index (χ0) is 17.1. The second kappa shape index (κ2) is 7.22. The van der Waals surface area contributed by atoms with Gasteiger partial charge in [0.2, 0.25) is 0 Å². The van der Waals surface area contributed by atoms with Crippen LogP contribution in [0.2, 0.25) is 0 Å². The van der Waals surface area contributed by atoms with Crippen LogP contribution in [0.3, 0.4) is 0 Å². The smallest absolute Gasteiger partial charge is 0.168 e. The molecule has 1 atom stereocenters. The van der Waals surface area contributed by atoms with Crippen LogP contribution in [-0.4, -0.2) is 10.9 Å². The van der Waals surface area contributed by atoms with Gasteiger partial charge in [-0.25, -0.2) is 8.78 Å². The van der Waals surface area contributed by atoms with Gasteiger partial charge in [0.25, 0.3) is 0 Å². The molecule has 0 saturated heterocycles. The molecular weight excluding hydrogens is 310 g/mol. The second-order valence-electron chi connectivity index (χ2n) is 6.42. The molecule has 0 heterocycles. The highest BCUT2D eigenvalue weighted by molar-refractivity contribution is 5.99. The van der Waals surface area contributed by atoms with Crippen molar-refractivity contribution < 1.29 is 18.7 Å². The monoisotopic (exact) mass is 330 g/mol. The van der Waals surface area contributed by atoms with Gasteiger partial charge in [-0.05, 0) is 49.8 Å². The molecule has 0 aromatic heterocycles. The van der Waals surface area contributed by atoms with E-state index < -0.39 is 11.9 Å². The van der Waals surface area contributed by atoms with Crippen molar-refractivity contribution in [1.82, 2.24) is 0 Å². The molecule has 0 spiro atoms. The Kier molecular flexibility index (Phi) is 5.05. The number of halogens is 2. The number of hydrogen-bond donors (Lipinski definition) is 1. The molecule has 2 saturated carbocycles. The standard InChI is InChI=1S/C10H11FO.C10H9FO/c2*11-9-4-2-1-3-8(9)10(12)7-5-6-7/h1-4,7,10,12H,5-6H2;1-4,7H,5-6H2. The summed E-state index contributed by atoms with van der Waals surface area (Å²) in [7, 11) is 0. The molecule has 0 radical (unpaired) electrons. The van der Waals surface area contributed by atoms with Crippen LogP contribution in [-0.2, 0) is 0 Å². The predicted molar refractivity (Wildman–Crippen MR) is 87.5 cm³/mol. The maximum Gasteiger partial charge on any atom is 0.168 e. The Morgan fingerprint density at radius 2 is 1.50 bits per heavy atom. The van der Waals surface area contributed by atoms with Crippen molar-refractivity contribution in [1.29, 1.82) is 0 Å². The third kappa shape index (κ3) is 4.06. The van der Waals surface area contributed by atoms with Gasteiger partial charge in [0.05, 0.1) is 11.7 Å². The summed E-state index contributed by atoms with van der Waals surface area (Å²) in [5, 5.41) is 9.60. The summed E-state index contributed by atoms with van der Waals surface area (Å²) in [6.45, 7) is 0. The van der Waals surface area contributed by atoms with Crippen LogP contribution in [0, 0.1) is 23.5 Å². The summed E-state index contributed by atoms with van der Waals surface area (Å²) in [6.07, 6.45) is 3.30. The molecule has 126 valence electrons. The van der Waals surface area contributed by atoms with E-state index in [1.807, 2.05) is 0 Å². The van der Waals surface area contributed by atoms with E-state index in [1.54, 1.807) is 36.4 Å². The van der Waals surface area contributed by atoms with Crippen LogP contribution in [0.25, 0.3) is 0 Å². The summed E-state index contributed by atoms with van der Waals surface area (Å²) >= 11 is 0. The molecule has 1 unspecified atom stereocenters. The molecule has 2 aliphatic rings. The molecule has 0 bridgehead atoms. The van der Waals surface area contributed by atoms with Gasteiger partial charge in [-0.15, -0.1) is 0 Å². The van der Waals surface area contributed by atoms with Gasteiger partial charge >= 0.3 is 0 Å². The Bertz CT molecular complexity index is 721. The zero-order valence-electron chi connectivity index (χ0n) is 13.3. The van der Waals surface area contributed by atoms with Gasteiger partial charge in [0, 0.05) is 11.5 Å². The minimum absolute atomic E-state index is 0.0342. The molecule has 0 aliphatic heterocycles. The summed E-state index contributed by atoms with van der Waals surface area (Å²) in [6, 6.07) is 12.6. The Morgan fingerprint density at radius 3 is 2.04 bits per heavy atom. The number of ketones is 1. The predicted octanol–water partition coefficient (Wildman–Crippen LogP) is 4.69. The van der Waals surface area contributed by atoms with Crippen LogP contribution in [0.1, 0.15) is 47.7 Å². The molecule has 2 aliphatic carbocycles. The largest absolute Gasteiger partial charge is 0.388 e. The Morgan fingerprint density at radius 1 is 0.917 bits per heavy atom. The van der Waals surface area contributed by atoms with Crippen LogP contribution in [0.5, 0.6) is 0 Å². The normalized spacial score (nSPS) is 17.6. The lowest BCUT2D eigenvalue weighted by atomic mass is 10.1. The Hall–Kier alpha value is -2.07. The number of aliphatic hydroxyl groups is 1. The van der Waals surface area contributed by atoms with Gasteiger partial charge in [0.15, 0.2) is 5.78 Å². The van der Waals surface area contributed by atoms with E-state index >= 15 is 0 Å². The lowest BCUT2D eigenvalue weighted by Crippen LogP contribution is -2.03. The third-order valence-electron chi connectivity index (χ3n) is 4.38. The minimum Gasteiger partial charge on any atom is -0.388 e. The number of Topliss-reactive ketones (excluding diaryl/α,β-unsaturated/α-hetero) is 1. The van der Waals surface area contributed by atoms with Crippen molar-refractivity contribution in [2.75, 3.05) is 0 Å². The SMILES string of the molecule is O=C(c1ccccc1F)C1CC1.OC(c1ccccc1F)C1CC1.